The second-order valence-corrected chi connectivity index (χ2v) is 7.30. The Kier molecular flexibility index (Phi) is 7.93. The number of hydrogen-bond donors (Lipinski definition) is 1. The van der Waals surface area contributed by atoms with Crippen molar-refractivity contribution in [3.05, 3.63) is 34.6 Å². The van der Waals surface area contributed by atoms with E-state index in [1.807, 2.05) is 30.2 Å². The molecule has 1 atom stereocenters. The predicted octanol–water partition coefficient (Wildman–Crippen LogP) is 3.59. The van der Waals surface area contributed by atoms with Gasteiger partial charge in [0, 0.05) is 42.1 Å². The molecule has 2 aromatic heterocycles. The molecule has 1 unspecified atom stereocenters. The summed E-state index contributed by atoms with van der Waals surface area (Å²) in [6.45, 7) is 7.67. The summed E-state index contributed by atoms with van der Waals surface area (Å²) >= 11 is 1.58. The summed E-state index contributed by atoms with van der Waals surface area (Å²) in [5, 5.41) is 2.86. The van der Waals surface area contributed by atoms with Crippen molar-refractivity contribution in [2.24, 2.45) is 11.7 Å². The summed E-state index contributed by atoms with van der Waals surface area (Å²) in [6, 6.07) is 2.19. The topological polar surface area (TPSA) is 64.2 Å². The standard InChI is InChI=1S/C17H24N4OS.2ClH/c1-11-10-15(13(3)21(11)17-19-6-9-23-17)16(22)20-7-4-14(5-8-20)12(2)18;;/h6,9-10,12,14H,4-5,7-8,18H2,1-3H3;2*1H. The number of piperidine rings is 1. The minimum absolute atomic E-state index is 0. The van der Waals surface area contributed by atoms with Crippen LogP contribution < -0.4 is 5.73 Å². The molecule has 0 spiro atoms. The van der Waals surface area contributed by atoms with Gasteiger partial charge in [-0.1, -0.05) is 0 Å². The first-order valence-corrected chi connectivity index (χ1v) is 9.00. The lowest BCUT2D eigenvalue weighted by atomic mass is 9.90. The van der Waals surface area contributed by atoms with Gasteiger partial charge in [-0.3, -0.25) is 9.36 Å². The highest BCUT2D eigenvalue weighted by molar-refractivity contribution is 7.12. The van der Waals surface area contributed by atoms with Crippen LogP contribution in [0.15, 0.2) is 17.6 Å². The zero-order valence-corrected chi connectivity index (χ0v) is 17.2. The Hall–Kier alpha value is -1.08. The third-order valence-corrected chi connectivity index (χ3v) is 5.60. The molecule has 1 aliphatic heterocycles. The Morgan fingerprint density at radius 1 is 1.32 bits per heavy atom. The number of nitrogens with zero attached hydrogens (tertiary/aromatic N) is 3. The number of hydrogen-bond acceptors (Lipinski definition) is 4. The molecule has 8 heteroatoms. The van der Waals surface area contributed by atoms with Gasteiger partial charge in [0.15, 0.2) is 5.13 Å². The minimum atomic E-state index is 0. The summed E-state index contributed by atoms with van der Waals surface area (Å²) in [6.07, 6.45) is 3.78. The van der Waals surface area contributed by atoms with Crippen LogP contribution in [0, 0.1) is 19.8 Å². The van der Waals surface area contributed by atoms with Crippen LogP contribution in [0.1, 0.15) is 41.5 Å². The molecular weight excluding hydrogens is 379 g/mol. The van der Waals surface area contributed by atoms with Crippen LogP contribution >= 0.6 is 36.2 Å². The van der Waals surface area contributed by atoms with Crippen LogP contribution in [0.3, 0.4) is 0 Å². The van der Waals surface area contributed by atoms with Gasteiger partial charge >= 0.3 is 0 Å². The summed E-state index contributed by atoms with van der Waals surface area (Å²) in [7, 11) is 0. The van der Waals surface area contributed by atoms with Crippen LogP contribution in [-0.2, 0) is 0 Å². The van der Waals surface area contributed by atoms with Gasteiger partial charge in [-0.25, -0.2) is 4.98 Å². The number of carbonyl (C=O) groups is 1. The van der Waals surface area contributed by atoms with Crippen molar-refractivity contribution >= 4 is 42.1 Å². The van der Waals surface area contributed by atoms with Crippen molar-refractivity contribution in [1.82, 2.24) is 14.5 Å². The molecule has 3 rings (SSSR count). The van der Waals surface area contributed by atoms with Gasteiger partial charge in [0.05, 0.1) is 5.56 Å². The minimum Gasteiger partial charge on any atom is -0.339 e. The second kappa shape index (κ2) is 9.03. The summed E-state index contributed by atoms with van der Waals surface area (Å²) < 4.78 is 2.06. The van der Waals surface area contributed by atoms with Gasteiger partial charge in [-0.15, -0.1) is 36.2 Å². The highest BCUT2D eigenvalue weighted by Gasteiger charge is 2.27. The average molecular weight is 405 g/mol. The number of thiazole rings is 1. The maximum atomic E-state index is 12.9. The van der Waals surface area contributed by atoms with E-state index in [9.17, 15) is 4.79 Å². The van der Waals surface area contributed by atoms with Crippen molar-refractivity contribution in [1.29, 1.82) is 0 Å². The largest absolute Gasteiger partial charge is 0.339 e. The molecule has 1 amide bonds. The Bertz CT molecular complexity index is 692. The summed E-state index contributed by atoms with van der Waals surface area (Å²) in [4.78, 5) is 19.2. The fraction of sp³-hybridized carbons (Fsp3) is 0.529. The van der Waals surface area contributed by atoms with Crippen LogP contribution in [0.25, 0.3) is 5.13 Å². The molecular formula is C17H26Cl2N4OS. The second-order valence-electron chi connectivity index (χ2n) is 6.42. The number of nitrogens with two attached hydrogens (primary N) is 1. The fourth-order valence-electron chi connectivity index (χ4n) is 3.40. The third-order valence-electron chi connectivity index (χ3n) is 4.84. The number of carbonyl (C=O) groups excluding carboxylic acids is 1. The summed E-state index contributed by atoms with van der Waals surface area (Å²) in [5.41, 5.74) is 8.79. The fourth-order valence-corrected chi connectivity index (χ4v) is 4.15. The molecule has 1 saturated heterocycles. The number of rotatable bonds is 3. The molecule has 0 aliphatic carbocycles. The van der Waals surface area contributed by atoms with Crippen molar-refractivity contribution in [3.8, 4) is 5.13 Å². The van der Waals surface area contributed by atoms with E-state index in [0.717, 1.165) is 48.0 Å². The predicted molar refractivity (Wildman–Crippen MR) is 108 cm³/mol. The Morgan fingerprint density at radius 3 is 2.48 bits per heavy atom. The first kappa shape index (κ1) is 22.0. The van der Waals surface area contributed by atoms with Gasteiger partial charge in [-0.2, -0.15) is 0 Å². The molecule has 0 bridgehead atoms. The van der Waals surface area contributed by atoms with Gasteiger partial charge in [-0.05, 0) is 45.6 Å². The molecule has 25 heavy (non-hydrogen) atoms. The molecule has 1 fully saturated rings. The van der Waals surface area contributed by atoms with Gasteiger partial charge in [0.25, 0.3) is 5.91 Å². The number of aromatic nitrogens is 2. The van der Waals surface area contributed by atoms with Crippen LogP contribution in [0.4, 0.5) is 0 Å². The Morgan fingerprint density at radius 2 is 1.96 bits per heavy atom. The monoisotopic (exact) mass is 404 g/mol. The zero-order chi connectivity index (χ0) is 16.6. The van der Waals surface area contributed by atoms with Crippen molar-refractivity contribution in [2.75, 3.05) is 13.1 Å². The highest BCUT2D eigenvalue weighted by atomic mass is 35.5. The average Bonchev–Trinajstić information content (AvgIpc) is 3.14. The lowest BCUT2D eigenvalue weighted by molar-refractivity contribution is 0.0680. The normalized spacial score (nSPS) is 16.1. The van der Waals surface area contributed by atoms with E-state index in [-0.39, 0.29) is 36.8 Å². The SMILES string of the molecule is Cc1cc(C(=O)N2CCC(C(C)N)CC2)c(C)n1-c1nccs1.Cl.Cl. The maximum Gasteiger partial charge on any atom is 0.255 e. The number of aryl methyl sites for hydroxylation is 1. The molecule has 2 N–H and O–H groups in total. The van der Waals surface area contributed by atoms with E-state index >= 15 is 0 Å². The molecule has 0 radical (unpaired) electrons. The van der Waals surface area contributed by atoms with Crippen LogP contribution in [0.2, 0.25) is 0 Å². The molecule has 0 aromatic carbocycles. The van der Waals surface area contributed by atoms with E-state index in [1.54, 1.807) is 17.5 Å². The number of halogens is 2. The van der Waals surface area contributed by atoms with Crippen molar-refractivity contribution < 1.29 is 4.79 Å². The first-order chi connectivity index (χ1) is 11.0. The Labute approximate surface area is 165 Å². The smallest absolute Gasteiger partial charge is 0.255 e. The molecule has 0 saturated carbocycles. The lowest BCUT2D eigenvalue weighted by Gasteiger charge is -2.33. The molecule has 2 aromatic rings. The molecule has 5 nitrogen and oxygen atoms in total. The zero-order valence-electron chi connectivity index (χ0n) is 14.8. The number of amides is 1. The van der Waals surface area contributed by atoms with E-state index in [4.69, 9.17) is 5.73 Å². The molecule has 140 valence electrons. The molecule has 3 heterocycles. The summed E-state index contributed by atoms with van der Waals surface area (Å²) in [5.74, 6) is 0.658. The van der Waals surface area contributed by atoms with E-state index < -0.39 is 0 Å². The van der Waals surface area contributed by atoms with E-state index in [0.29, 0.717) is 5.92 Å². The van der Waals surface area contributed by atoms with E-state index in [1.165, 1.54) is 0 Å². The quantitative estimate of drug-likeness (QED) is 0.849. The third kappa shape index (κ3) is 4.37. The maximum absolute atomic E-state index is 12.9. The van der Waals surface area contributed by atoms with Crippen LogP contribution in [0.5, 0.6) is 0 Å². The first-order valence-electron chi connectivity index (χ1n) is 8.12. The van der Waals surface area contributed by atoms with E-state index in [2.05, 4.69) is 16.5 Å². The van der Waals surface area contributed by atoms with Crippen molar-refractivity contribution in [3.63, 3.8) is 0 Å². The van der Waals surface area contributed by atoms with Gasteiger partial charge < -0.3 is 10.6 Å². The van der Waals surface area contributed by atoms with Crippen LogP contribution in [-0.4, -0.2) is 39.5 Å². The highest BCUT2D eigenvalue weighted by Crippen LogP contribution is 2.26. The number of likely N-dealkylation sites (tertiary alicyclic amines) is 1. The Balaban J connectivity index is 0.00000156. The van der Waals surface area contributed by atoms with Gasteiger partial charge in [0.2, 0.25) is 0 Å². The molecule has 1 aliphatic rings. The van der Waals surface area contributed by atoms with Gasteiger partial charge in [0.1, 0.15) is 0 Å². The van der Waals surface area contributed by atoms with Crippen molar-refractivity contribution in [2.45, 2.75) is 39.7 Å². The lowest BCUT2D eigenvalue weighted by Crippen LogP contribution is -2.42.